The van der Waals surface area contributed by atoms with Crippen molar-refractivity contribution >= 4 is 18.3 Å². The first-order chi connectivity index (χ1) is 11.8. The molecule has 2 aliphatic heterocycles. The monoisotopic (exact) mass is 358 g/mol. The number of nitrogens with one attached hydrogen (secondary N) is 1. The minimum atomic E-state index is 0. The van der Waals surface area contributed by atoms with Gasteiger partial charge in [-0.2, -0.15) is 0 Å². The Kier molecular flexibility index (Phi) is 5.61. The van der Waals surface area contributed by atoms with E-state index < -0.39 is 0 Å². The van der Waals surface area contributed by atoms with E-state index in [0.717, 1.165) is 38.1 Å². The SMILES string of the molecule is Cl.O=C(c1ccccc1Oc1ccccc1)N1C2CCNCC1CC2. The van der Waals surface area contributed by atoms with Crippen molar-refractivity contribution in [2.45, 2.75) is 31.3 Å². The number of para-hydroxylation sites is 2. The summed E-state index contributed by atoms with van der Waals surface area (Å²) in [5.74, 6) is 1.47. The van der Waals surface area contributed by atoms with E-state index in [1.807, 2.05) is 54.6 Å². The number of hydrogen-bond donors (Lipinski definition) is 1. The summed E-state index contributed by atoms with van der Waals surface area (Å²) in [5.41, 5.74) is 0.653. The molecule has 4 rings (SSSR count). The molecule has 2 atom stereocenters. The van der Waals surface area contributed by atoms with E-state index in [-0.39, 0.29) is 18.3 Å². The maximum atomic E-state index is 13.2. The van der Waals surface area contributed by atoms with Crippen molar-refractivity contribution in [3.05, 3.63) is 60.2 Å². The average molecular weight is 359 g/mol. The van der Waals surface area contributed by atoms with Crippen LogP contribution in [-0.2, 0) is 0 Å². The largest absolute Gasteiger partial charge is 0.457 e. The molecule has 1 N–H and O–H groups in total. The molecule has 1 amide bonds. The van der Waals surface area contributed by atoms with Gasteiger partial charge in [0.25, 0.3) is 5.91 Å². The van der Waals surface area contributed by atoms with E-state index in [2.05, 4.69) is 10.2 Å². The molecule has 2 aromatic carbocycles. The van der Waals surface area contributed by atoms with E-state index in [4.69, 9.17) is 4.74 Å². The molecule has 0 aromatic heterocycles. The van der Waals surface area contributed by atoms with Crippen molar-refractivity contribution in [1.82, 2.24) is 10.2 Å². The van der Waals surface area contributed by atoms with Gasteiger partial charge >= 0.3 is 0 Å². The lowest BCUT2D eigenvalue weighted by Gasteiger charge is -2.28. The predicted molar refractivity (Wildman–Crippen MR) is 101 cm³/mol. The number of nitrogens with zero attached hydrogens (tertiary/aromatic N) is 1. The Bertz CT molecular complexity index is 709. The predicted octanol–water partition coefficient (Wildman–Crippen LogP) is 3.87. The second kappa shape index (κ2) is 7.89. The number of ether oxygens (including phenoxy) is 1. The number of rotatable bonds is 3. The maximum absolute atomic E-state index is 13.2. The third-order valence-electron chi connectivity index (χ3n) is 4.98. The highest BCUT2D eigenvalue weighted by Crippen LogP contribution is 2.33. The molecule has 0 saturated carbocycles. The van der Waals surface area contributed by atoms with E-state index in [0.29, 0.717) is 23.4 Å². The summed E-state index contributed by atoms with van der Waals surface area (Å²) in [6.45, 7) is 1.89. The average Bonchev–Trinajstić information content (AvgIpc) is 2.88. The van der Waals surface area contributed by atoms with Gasteiger partial charge in [0.1, 0.15) is 11.5 Å². The normalized spacial score (nSPS) is 22.0. The molecule has 0 aliphatic carbocycles. The third-order valence-corrected chi connectivity index (χ3v) is 4.98. The van der Waals surface area contributed by atoms with Gasteiger partial charge in [0.05, 0.1) is 5.56 Å². The maximum Gasteiger partial charge on any atom is 0.258 e. The van der Waals surface area contributed by atoms with Crippen LogP contribution in [0.1, 0.15) is 29.6 Å². The summed E-state index contributed by atoms with van der Waals surface area (Å²) in [5, 5.41) is 3.44. The first kappa shape index (κ1) is 17.8. The number of amides is 1. The molecule has 2 fully saturated rings. The molecule has 2 unspecified atom stereocenters. The first-order valence-electron chi connectivity index (χ1n) is 8.68. The van der Waals surface area contributed by atoms with Crippen LogP contribution in [0.4, 0.5) is 0 Å². The molecular formula is C20H23ClN2O2. The van der Waals surface area contributed by atoms with Gasteiger partial charge in [0, 0.05) is 18.6 Å². The lowest BCUT2D eigenvalue weighted by molar-refractivity contribution is 0.0677. The van der Waals surface area contributed by atoms with Crippen LogP contribution in [0, 0.1) is 0 Å². The van der Waals surface area contributed by atoms with Gasteiger partial charge < -0.3 is 15.0 Å². The van der Waals surface area contributed by atoms with E-state index >= 15 is 0 Å². The van der Waals surface area contributed by atoms with Crippen LogP contribution in [0.25, 0.3) is 0 Å². The Balaban J connectivity index is 0.00000182. The van der Waals surface area contributed by atoms with Crippen LogP contribution in [0.5, 0.6) is 11.5 Å². The molecule has 2 bridgehead atoms. The minimum absolute atomic E-state index is 0. The van der Waals surface area contributed by atoms with Crippen molar-refractivity contribution in [3.8, 4) is 11.5 Å². The van der Waals surface area contributed by atoms with Crippen molar-refractivity contribution in [1.29, 1.82) is 0 Å². The number of benzene rings is 2. The van der Waals surface area contributed by atoms with Gasteiger partial charge in [0.15, 0.2) is 0 Å². The second-order valence-corrected chi connectivity index (χ2v) is 6.50. The van der Waals surface area contributed by atoms with Crippen LogP contribution in [0.15, 0.2) is 54.6 Å². The van der Waals surface area contributed by atoms with Crippen LogP contribution >= 0.6 is 12.4 Å². The molecule has 5 heteroatoms. The number of carbonyl (C=O) groups is 1. The number of halogens is 1. The van der Waals surface area contributed by atoms with E-state index in [9.17, 15) is 4.79 Å². The fraction of sp³-hybridized carbons (Fsp3) is 0.350. The minimum Gasteiger partial charge on any atom is -0.457 e. The molecule has 0 spiro atoms. The molecule has 2 aliphatic rings. The smallest absolute Gasteiger partial charge is 0.258 e. The van der Waals surface area contributed by atoms with Gasteiger partial charge in [-0.25, -0.2) is 0 Å². The third kappa shape index (κ3) is 3.65. The Hall–Kier alpha value is -2.04. The summed E-state index contributed by atoms with van der Waals surface area (Å²) in [6, 6.07) is 17.8. The zero-order valence-electron chi connectivity index (χ0n) is 14.1. The first-order valence-corrected chi connectivity index (χ1v) is 8.68. The van der Waals surface area contributed by atoms with Gasteiger partial charge in [-0.1, -0.05) is 30.3 Å². The highest BCUT2D eigenvalue weighted by atomic mass is 35.5. The lowest BCUT2D eigenvalue weighted by Crippen LogP contribution is -2.42. The molecular weight excluding hydrogens is 336 g/mol. The number of hydrogen-bond acceptors (Lipinski definition) is 3. The summed E-state index contributed by atoms with van der Waals surface area (Å²) in [4.78, 5) is 15.3. The lowest BCUT2D eigenvalue weighted by atomic mass is 10.1. The zero-order chi connectivity index (χ0) is 16.4. The van der Waals surface area contributed by atoms with Crippen LogP contribution in [0.2, 0.25) is 0 Å². The Morgan fingerprint density at radius 2 is 1.68 bits per heavy atom. The van der Waals surface area contributed by atoms with Gasteiger partial charge in [-0.3, -0.25) is 4.79 Å². The quantitative estimate of drug-likeness (QED) is 0.905. The number of fused-ring (bicyclic) bond motifs is 2. The van der Waals surface area contributed by atoms with Gasteiger partial charge in [-0.15, -0.1) is 12.4 Å². The zero-order valence-corrected chi connectivity index (χ0v) is 14.9. The van der Waals surface area contributed by atoms with Crippen LogP contribution in [-0.4, -0.2) is 36.0 Å². The van der Waals surface area contributed by atoms with Crippen molar-refractivity contribution < 1.29 is 9.53 Å². The topological polar surface area (TPSA) is 41.6 Å². The Morgan fingerprint density at radius 1 is 0.960 bits per heavy atom. The Morgan fingerprint density at radius 3 is 2.52 bits per heavy atom. The second-order valence-electron chi connectivity index (χ2n) is 6.50. The Labute approximate surface area is 154 Å². The molecule has 2 aromatic rings. The molecule has 25 heavy (non-hydrogen) atoms. The van der Waals surface area contributed by atoms with Crippen molar-refractivity contribution in [2.24, 2.45) is 0 Å². The molecule has 2 heterocycles. The van der Waals surface area contributed by atoms with Gasteiger partial charge in [0.2, 0.25) is 0 Å². The molecule has 4 nitrogen and oxygen atoms in total. The fourth-order valence-corrected chi connectivity index (χ4v) is 3.80. The molecule has 132 valence electrons. The molecule has 2 saturated heterocycles. The van der Waals surface area contributed by atoms with Crippen LogP contribution < -0.4 is 10.1 Å². The summed E-state index contributed by atoms with van der Waals surface area (Å²) >= 11 is 0. The summed E-state index contributed by atoms with van der Waals surface area (Å²) in [7, 11) is 0. The fourth-order valence-electron chi connectivity index (χ4n) is 3.80. The standard InChI is InChI=1S/C20H22N2O2.ClH/c23-20(22-15-10-11-16(22)14-21-13-12-15)18-8-4-5-9-19(18)24-17-6-2-1-3-7-17;/h1-9,15-16,21H,10-14H2;1H. The van der Waals surface area contributed by atoms with Crippen molar-refractivity contribution in [3.63, 3.8) is 0 Å². The summed E-state index contributed by atoms with van der Waals surface area (Å²) < 4.78 is 5.98. The highest BCUT2D eigenvalue weighted by Gasteiger charge is 2.39. The van der Waals surface area contributed by atoms with E-state index in [1.54, 1.807) is 0 Å². The highest BCUT2D eigenvalue weighted by molar-refractivity contribution is 5.97. The summed E-state index contributed by atoms with van der Waals surface area (Å²) in [6.07, 6.45) is 3.23. The van der Waals surface area contributed by atoms with Crippen LogP contribution in [0.3, 0.4) is 0 Å². The van der Waals surface area contributed by atoms with Gasteiger partial charge in [-0.05, 0) is 50.1 Å². The number of carbonyl (C=O) groups excluding carboxylic acids is 1. The van der Waals surface area contributed by atoms with Crippen molar-refractivity contribution in [2.75, 3.05) is 13.1 Å². The van der Waals surface area contributed by atoms with E-state index in [1.165, 1.54) is 0 Å². The molecule has 0 radical (unpaired) electrons.